The minimum Gasteiger partial charge on any atom is -0.324 e. The van der Waals surface area contributed by atoms with Gasteiger partial charge < -0.3 is 5.73 Å². The Morgan fingerprint density at radius 1 is 1.33 bits per heavy atom. The van der Waals surface area contributed by atoms with Crippen molar-refractivity contribution in [2.45, 2.75) is 13.0 Å². The van der Waals surface area contributed by atoms with E-state index < -0.39 is 17.7 Å². The summed E-state index contributed by atoms with van der Waals surface area (Å²) in [6.45, 7) is 1.65. The summed E-state index contributed by atoms with van der Waals surface area (Å²) in [4.78, 5) is 0. The predicted molar refractivity (Wildman–Crippen MR) is 46.2 cm³/mol. The van der Waals surface area contributed by atoms with Crippen molar-refractivity contribution in [3.63, 3.8) is 0 Å². The van der Waals surface area contributed by atoms with Gasteiger partial charge in [-0.3, -0.25) is 0 Å². The molecule has 68 valence electrons. The normalized spacial score (nSPS) is 12.0. The third kappa shape index (κ3) is 2.43. The van der Waals surface area contributed by atoms with E-state index >= 15 is 0 Å². The van der Waals surface area contributed by atoms with E-state index in [1.54, 1.807) is 6.92 Å². The van der Waals surface area contributed by atoms with E-state index in [2.05, 4.69) is 0 Å². The van der Waals surface area contributed by atoms with Crippen LogP contribution in [0.5, 0.6) is 0 Å². The molecule has 0 bridgehead atoms. The third-order valence-electron chi connectivity index (χ3n) is 1.45. The molecule has 0 heterocycles. The smallest absolute Gasteiger partial charge is 0.130 e. The molecule has 12 heavy (non-hydrogen) atoms. The molecule has 0 aliphatic heterocycles. The first-order valence-corrected chi connectivity index (χ1v) is 3.32. The van der Waals surface area contributed by atoms with Gasteiger partial charge in [0, 0.05) is 17.7 Å². The molecule has 0 unspecified atom stereocenters. The molecule has 0 aliphatic rings. The average molecular weight is 194 g/mol. The zero-order chi connectivity index (χ0) is 8.43. The maximum atomic E-state index is 12.8. The van der Waals surface area contributed by atoms with Crippen LogP contribution in [-0.4, -0.2) is 0 Å². The first-order valence-electron chi connectivity index (χ1n) is 3.32. The van der Waals surface area contributed by atoms with E-state index in [1.165, 1.54) is 12.1 Å². The van der Waals surface area contributed by atoms with Gasteiger partial charge in [0.05, 0.1) is 0 Å². The molecule has 4 heteroatoms. The molecule has 0 aromatic heterocycles. The van der Waals surface area contributed by atoms with Gasteiger partial charge in [0.1, 0.15) is 11.6 Å². The van der Waals surface area contributed by atoms with Crippen LogP contribution in [0.1, 0.15) is 18.5 Å². The number of rotatable bonds is 1. The monoisotopic (exact) mass is 193 g/mol. The average Bonchev–Trinajstić information content (AvgIpc) is 1.85. The molecule has 1 nitrogen and oxygen atoms in total. The zero-order valence-electron chi connectivity index (χ0n) is 6.55. The van der Waals surface area contributed by atoms with Crippen molar-refractivity contribution in [3.8, 4) is 0 Å². The summed E-state index contributed by atoms with van der Waals surface area (Å²) in [5.41, 5.74) is 5.74. The lowest BCUT2D eigenvalue weighted by atomic mass is 10.1. The van der Waals surface area contributed by atoms with E-state index in [-0.39, 0.29) is 12.4 Å². The van der Waals surface area contributed by atoms with Gasteiger partial charge in [-0.1, -0.05) is 6.07 Å². The highest BCUT2D eigenvalue weighted by Gasteiger charge is 2.06. The second kappa shape index (κ2) is 4.38. The minimum atomic E-state index is -0.583. The fourth-order valence-corrected chi connectivity index (χ4v) is 0.871. The second-order valence-electron chi connectivity index (χ2n) is 2.45. The molecule has 1 aromatic rings. The Kier molecular flexibility index (Phi) is 4.13. The first-order chi connectivity index (χ1) is 5.11. The second-order valence-corrected chi connectivity index (χ2v) is 2.45. The molecule has 1 atom stereocenters. The Hall–Kier alpha value is -0.670. The van der Waals surface area contributed by atoms with E-state index in [4.69, 9.17) is 5.73 Å². The van der Waals surface area contributed by atoms with Gasteiger partial charge >= 0.3 is 0 Å². The van der Waals surface area contributed by atoms with Gasteiger partial charge in [0.25, 0.3) is 0 Å². The van der Waals surface area contributed by atoms with Crippen LogP contribution in [0.2, 0.25) is 0 Å². The summed E-state index contributed by atoms with van der Waals surface area (Å²) in [7, 11) is 0. The summed E-state index contributed by atoms with van der Waals surface area (Å²) in [6.07, 6.45) is 0. The molecular weight excluding hydrogens is 184 g/mol. The molecule has 0 spiro atoms. The van der Waals surface area contributed by atoms with E-state index in [0.29, 0.717) is 5.56 Å². The number of halogens is 3. The Morgan fingerprint density at radius 2 is 1.92 bits per heavy atom. The van der Waals surface area contributed by atoms with Crippen molar-refractivity contribution >= 4 is 12.4 Å². The Labute approximate surface area is 76.0 Å². The lowest BCUT2D eigenvalue weighted by Gasteiger charge is -2.05. The lowest BCUT2D eigenvalue weighted by molar-refractivity contribution is 0.562. The Balaban J connectivity index is 0.00000121. The van der Waals surface area contributed by atoms with Gasteiger partial charge in [-0.25, -0.2) is 8.78 Å². The fourth-order valence-electron chi connectivity index (χ4n) is 0.871. The van der Waals surface area contributed by atoms with E-state index in [9.17, 15) is 8.78 Å². The van der Waals surface area contributed by atoms with Crippen molar-refractivity contribution in [2.75, 3.05) is 0 Å². The number of hydrogen-bond donors (Lipinski definition) is 1. The summed E-state index contributed by atoms with van der Waals surface area (Å²) in [6, 6.07) is 2.99. The molecule has 0 fully saturated rings. The van der Waals surface area contributed by atoms with Crippen LogP contribution in [0, 0.1) is 11.6 Å². The third-order valence-corrected chi connectivity index (χ3v) is 1.45. The first kappa shape index (κ1) is 11.3. The van der Waals surface area contributed by atoms with Crippen LogP contribution in [0.4, 0.5) is 8.78 Å². The summed E-state index contributed by atoms with van der Waals surface area (Å²) >= 11 is 0. The summed E-state index contributed by atoms with van der Waals surface area (Å²) in [5.74, 6) is -1.16. The quantitative estimate of drug-likeness (QED) is 0.728. The highest BCUT2D eigenvalue weighted by Crippen LogP contribution is 2.14. The maximum Gasteiger partial charge on any atom is 0.130 e. The van der Waals surface area contributed by atoms with Crippen molar-refractivity contribution in [3.05, 3.63) is 35.4 Å². The molecule has 1 aromatic carbocycles. The van der Waals surface area contributed by atoms with Crippen molar-refractivity contribution in [2.24, 2.45) is 5.73 Å². The van der Waals surface area contributed by atoms with E-state index in [1.807, 2.05) is 0 Å². The van der Waals surface area contributed by atoms with Gasteiger partial charge in [-0.15, -0.1) is 12.4 Å². The fraction of sp³-hybridized carbons (Fsp3) is 0.250. The summed E-state index contributed by atoms with van der Waals surface area (Å²) < 4.78 is 25.1. The Bertz CT molecular complexity index is 263. The van der Waals surface area contributed by atoms with Gasteiger partial charge in [-0.05, 0) is 13.0 Å². The van der Waals surface area contributed by atoms with Gasteiger partial charge in [0.15, 0.2) is 0 Å². The summed E-state index contributed by atoms with van der Waals surface area (Å²) in [5, 5.41) is 0. The van der Waals surface area contributed by atoms with Crippen LogP contribution in [-0.2, 0) is 0 Å². The molecular formula is C8H10ClF2N. The molecule has 0 radical (unpaired) electrons. The van der Waals surface area contributed by atoms with Crippen LogP contribution in [0.25, 0.3) is 0 Å². The molecule has 1 rings (SSSR count). The standard InChI is InChI=1S/C8H9F2N.ClH/c1-5(11)7-3-2-6(9)4-8(7)10;/h2-5H,11H2,1H3;1H/t5-;/m1./s1. The van der Waals surface area contributed by atoms with Crippen molar-refractivity contribution < 1.29 is 8.78 Å². The highest BCUT2D eigenvalue weighted by molar-refractivity contribution is 5.85. The molecule has 0 saturated heterocycles. The topological polar surface area (TPSA) is 26.0 Å². The molecule has 0 aliphatic carbocycles. The van der Waals surface area contributed by atoms with Gasteiger partial charge in [0.2, 0.25) is 0 Å². The van der Waals surface area contributed by atoms with Crippen molar-refractivity contribution in [1.82, 2.24) is 0 Å². The van der Waals surface area contributed by atoms with Crippen molar-refractivity contribution in [1.29, 1.82) is 0 Å². The SMILES string of the molecule is C[C@@H](N)c1ccc(F)cc1F.Cl. The predicted octanol–water partition coefficient (Wildman–Crippen LogP) is 2.41. The molecule has 0 amide bonds. The van der Waals surface area contributed by atoms with Gasteiger partial charge in [-0.2, -0.15) is 0 Å². The van der Waals surface area contributed by atoms with E-state index in [0.717, 1.165) is 6.07 Å². The Morgan fingerprint density at radius 3 is 2.33 bits per heavy atom. The lowest BCUT2D eigenvalue weighted by Crippen LogP contribution is -2.07. The largest absolute Gasteiger partial charge is 0.324 e. The van der Waals surface area contributed by atoms with Crippen LogP contribution >= 0.6 is 12.4 Å². The van der Waals surface area contributed by atoms with Crippen LogP contribution in [0.15, 0.2) is 18.2 Å². The number of nitrogens with two attached hydrogens (primary N) is 1. The zero-order valence-corrected chi connectivity index (χ0v) is 7.37. The molecule has 2 N–H and O–H groups in total. The molecule has 0 saturated carbocycles. The number of benzene rings is 1. The minimum absolute atomic E-state index is 0. The van der Waals surface area contributed by atoms with Crippen LogP contribution < -0.4 is 5.73 Å². The number of hydrogen-bond acceptors (Lipinski definition) is 1. The van der Waals surface area contributed by atoms with Crippen LogP contribution in [0.3, 0.4) is 0 Å². The maximum absolute atomic E-state index is 12.8. The highest BCUT2D eigenvalue weighted by atomic mass is 35.5.